The van der Waals surface area contributed by atoms with Gasteiger partial charge in [-0.25, -0.2) is 8.42 Å². The Morgan fingerprint density at radius 3 is 2.07 bits per heavy atom. The first-order valence-corrected chi connectivity index (χ1v) is 12.0. The van der Waals surface area contributed by atoms with Gasteiger partial charge in [-0.15, -0.1) is 0 Å². The van der Waals surface area contributed by atoms with Crippen molar-refractivity contribution in [3.63, 3.8) is 0 Å². The fraction of sp³-hybridized carbons (Fsp3) is 0.381. The fourth-order valence-corrected chi connectivity index (χ4v) is 4.87. The summed E-state index contributed by atoms with van der Waals surface area (Å²) >= 11 is 12.1. The number of nitrogens with one attached hydrogen (secondary N) is 1. The molecule has 0 aliphatic heterocycles. The van der Waals surface area contributed by atoms with Crippen LogP contribution in [0.1, 0.15) is 44.4 Å². The zero-order valence-corrected chi connectivity index (χ0v) is 19.3. The Morgan fingerprint density at radius 2 is 1.62 bits per heavy atom. The third-order valence-corrected chi connectivity index (χ3v) is 6.29. The third kappa shape index (κ3) is 6.11. The van der Waals surface area contributed by atoms with Crippen molar-refractivity contribution in [1.29, 1.82) is 0 Å². The molecule has 2 atom stereocenters. The number of rotatable bonds is 8. The second kappa shape index (κ2) is 9.83. The summed E-state index contributed by atoms with van der Waals surface area (Å²) in [6.07, 6.45) is 2.28. The topological polar surface area (TPSA) is 66.5 Å². The second-order valence-electron chi connectivity index (χ2n) is 6.94. The largest absolute Gasteiger partial charge is 0.348 e. The monoisotopic (exact) mass is 456 g/mol. The minimum Gasteiger partial charge on any atom is -0.348 e. The second-order valence-corrected chi connectivity index (χ2v) is 9.67. The van der Waals surface area contributed by atoms with Crippen molar-refractivity contribution in [2.75, 3.05) is 10.6 Å². The fourth-order valence-electron chi connectivity index (χ4n) is 3.16. The van der Waals surface area contributed by atoms with E-state index in [-0.39, 0.29) is 24.1 Å². The van der Waals surface area contributed by atoms with Gasteiger partial charge in [-0.05, 0) is 49.1 Å². The Labute approximate surface area is 183 Å². The highest BCUT2D eigenvalue weighted by Crippen LogP contribution is 2.29. The predicted molar refractivity (Wildman–Crippen MR) is 120 cm³/mol. The predicted octanol–water partition coefficient (Wildman–Crippen LogP) is 4.98. The maximum atomic E-state index is 13.0. The van der Waals surface area contributed by atoms with Crippen molar-refractivity contribution in [2.45, 2.75) is 45.7 Å². The van der Waals surface area contributed by atoms with Crippen LogP contribution in [-0.4, -0.2) is 26.6 Å². The molecule has 0 aliphatic carbocycles. The van der Waals surface area contributed by atoms with Gasteiger partial charge in [-0.3, -0.25) is 9.10 Å². The lowest BCUT2D eigenvalue weighted by Gasteiger charge is -2.31. The molecule has 0 spiro atoms. The summed E-state index contributed by atoms with van der Waals surface area (Å²) in [6.45, 7) is 5.70. The number of sulfonamides is 1. The molecule has 0 aliphatic rings. The molecule has 0 saturated carbocycles. The molecule has 0 saturated heterocycles. The Balaban J connectivity index is 2.32. The molecular weight excluding hydrogens is 431 g/mol. The average Bonchev–Trinajstić information content (AvgIpc) is 2.63. The molecule has 8 heteroatoms. The van der Waals surface area contributed by atoms with Gasteiger partial charge in [0.2, 0.25) is 15.9 Å². The SMILES string of the molecule is CCc1ccc(C(C)NC(=O)C(CC)N(c2cc(Cl)cc(Cl)c2)S(C)(=O)=O)cc1. The van der Waals surface area contributed by atoms with Crippen LogP contribution in [-0.2, 0) is 21.2 Å². The Kier molecular flexibility index (Phi) is 7.97. The molecule has 0 bridgehead atoms. The molecule has 158 valence electrons. The molecular formula is C21H26Cl2N2O3S. The molecule has 5 nitrogen and oxygen atoms in total. The lowest BCUT2D eigenvalue weighted by atomic mass is 10.0. The van der Waals surface area contributed by atoms with E-state index in [1.165, 1.54) is 23.8 Å². The van der Waals surface area contributed by atoms with Gasteiger partial charge in [-0.2, -0.15) is 0 Å². The van der Waals surface area contributed by atoms with Crippen LogP contribution in [0.5, 0.6) is 0 Å². The third-order valence-electron chi connectivity index (χ3n) is 4.68. The van der Waals surface area contributed by atoms with Gasteiger partial charge >= 0.3 is 0 Å². The summed E-state index contributed by atoms with van der Waals surface area (Å²) in [4.78, 5) is 13.0. The van der Waals surface area contributed by atoms with E-state index in [4.69, 9.17) is 23.2 Å². The van der Waals surface area contributed by atoms with E-state index in [0.717, 1.165) is 22.5 Å². The Bertz CT molecular complexity index is 942. The number of carbonyl (C=O) groups is 1. The summed E-state index contributed by atoms with van der Waals surface area (Å²) in [5, 5.41) is 3.51. The minimum absolute atomic E-state index is 0.256. The lowest BCUT2D eigenvalue weighted by Crippen LogP contribution is -2.49. The Morgan fingerprint density at radius 1 is 1.07 bits per heavy atom. The minimum atomic E-state index is -3.76. The summed E-state index contributed by atoms with van der Waals surface area (Å²) in [5.41, 5.74) is 2.41. The van der Waals surface area contributed by atoms with Crippen molar-refractivity contribution < 1.29 is 13.2 Å². The van der Waals surface area contributed by atoms with E-state index in [1.54, 1.807) is 6.92 Å². The van der Waals surface area contributed by atoms with Crippen LogP contribution in [0, 0.1) is 0 Å². The molecule has 0 fully saturated rings. The van der Waals surface area contributed by atoms with E-state index < -0.39 is 16.1 Å². The smallest absolute Gasteiger partial charge is 0.244 e. The highest BCUT2D eigenvalue weighted by molar-refractivity contribution is 7.92. The summed E-state index contributed by atoms with van der Waals surface area (Å²) in [5.74, 6) is -0.388. The number of nitrogens with zero attached hydrogens (tertiary/aromatic N) is 1. The van der Waals surface area contributed by atoms with E-state index in [1.807, 2.05) is 31.2 Å². The van der Waals surface area contributed by atoms with Crippen molar-refractivity contribution in [3.8, 4) is 0 Å². The standard InChI is InChI=1S/C21H26Cl2N2O3S/c1-5-15-7-9-16(10-8-15)14(3)24-21(26)20(6-2)25(29(4,27)28)19-12-17(22)11-18(23)13-19/h7-14,20H,5-6H2,1-4H3,(H,24,26). The molecule has 1 amide bonds. The maximum Gasteiger partial charge on any atom is 0.244 e. The van der Waals surface area contributed by atoms with Gasteiger partial charge in [-0.1, -0.05) is 61.3 Å². The lowest BCUT2D eigenvalue weighted by molar-refractivity contribution is -0.122. The van der Waals surface area contributed by atoms with Crippen LogP contribution < -0.4 is 9.62 Å². The van der Waals surface area contributed by atoms with Crippen molar-refractivity contribution in [1.82, 2.24) is 5.32 Å². The number of amides is 1. The van der Waals surface area contributed by atoms with Crippen LogP contribution in [0.25, 0.3) is 0 Å². The first-order chi connectivity index (χ1) is 13.6. The van der Waals surface area contributed by atoms with Crippen LogP contribution in [0.2, 0.25) is 10.0 Å². The number of carbonyl (C=O) groups excluding carboxylic acids is 1. The number of halogens is 2. The van der Waals surface area contributed by atoms with E-state index in [0.29, 0.717) is 10.0 Å². The molecule has 2 aromatic carbocycles. The Hall–Kier alpha value is -1.76. The summed E-state index contributed by atoms with van der Waals surface area (Å²) in [6, 6.07) is 11.2. The molecule has 0 heterocycles. The van der Waals surface area contributed by atoms with Gasteiger partial charge in [0.25, 0.3) is 0 Å². The highest BCUT2D eigenvalue weighted by atomic mass is 35.5. The number of benzene rings is 2. The first kappa shape index (κ1) is 23.5. The van der Waals surface area contributed by atoms with Gasteiger partial charge in [0, 0.05) is 10.0 Å². The van der Waals surface area contributed by atoms with Crippen LogP contribution >= 0.6 is 23.2 Å². The van der Waals surface area contributed by atoms with E-state index in [2.05, 4.69) is 12.2 Å². The molecule has 1 N–H and O–H groups in total. The molecule has 2 aromatic rings. The zero-order valence-electron chi connectivity index (χ0n) is 16.9. The summed E-state index contributed by atoms with van der Waals surface area (Å²) in [7, 11) is -3.76. The van der Waals surface area contributed by atoms with Gasteiger partial charge in [0.1, 0.15) is 6.04 Å². The quantitative estimate of drug-likeness (QED) is 0.608. The zero-order chi connectivity index (χ0) is 21.8. The number of aryl methyl sites for hydroxylation is 1. The van der Waals surface area contributed by atoms with Gasteiger partial charge < -0.3 is 5.32 Å². The number of hydrogen-bond acceptors (Lipinski definition) is 3. The summed E-state index contributed by atoms with van der Waals surface area (Å²) < 4.78 is 26.2. The molecule has 2 rings (SSSR count). The number of hydrogen-bond donors (Lipinski definition) is 1. The molecule has 0 aromatic heterocycles. The van der Waals surface area contributed by atoms with Crippen molar-refractivity contribution in [3.05, 3.63) is 63.6 Å². The van der Waals surface area contributed by atoms with Crippen LogP contribution in [0.3, 0.4) is 0 Å². The van der Waals surface area contributed by atoms with Crippen molar-refractivity contribution in [2.24, 2.45) is 0 Å². The molecule has 29 heavy (non-hydrogen) atoms. The van der Waals surface area contributed by atoms with Gasteiger partial charge in [0.15, 0.2) is 0 Å². The normalized spacial score (nSPS) is 13.6. The maximum absolute atomic E-state index is 13.0. The van der Waals surface area contributed by atoms with Crippen LogP contribution in [0.4, 0.5) is 5.69 Å². The van der Waals surface area contributed by atoms with Crippen LogP contribution in [0.15, 0.2) is 42.5 Å². The first-order valence-electron chi connectivity index (χ1n) is 9.41. The molecule has 2 unspecified atom stereocenters. The highest BCUT2D eigenvalue weighted by Gasteiger charge is 2.32. The average molecular weight is 457 g/mol. The van der Waals surface area contributed by atoms with Gasteiger partial charge in [0.05, 0.1) is 18.0 Å². The molecule has 0 radical (unpaired) electrons. The number of anilines is 1. The van der Waals surface area contributed by atoms with Crippen molar-refractivity contribution >= 4 is 44.8 Å². The van der Waals surface area contributed by atoms with E-state index >= 15 is 0 Å². The van der Waals surface area contributed by atoms with E-state index in [9.17, 15) is 13.2 Å².